The van der Waals surface area contributed by atoms with Gasteiger partial charge in [0.25, 0.3) is 0 Å². The fourth-order valence-electron chi connectivity index (χ4n) is 5.09. The maximum absolute atomic E-state index is 13.6. The van der Waals surface area contributed by atoms with Crippen molar-refractivity contribution in [3.05, 3.63) is 95.3 Å². The molecule has 0 saturated heterocycles. The molecule has 1 N–H and O–H groups in total. The number of rotatable bonds is 8. The second-order valence-electron chi connectivity index (χ2n) is 10.1. The predicted octanol–water partition coefficient (Wildman–Crippen LogP) is 4.60. The van der Waals surface area contributed by atoms with Crippen LogP contribution in [0.5, 0.6) is 5.75 Å². The van der Waals surface area contributed by atoms with E-state index in [1.807, 2.05) is 54.3 Å². The number of benzene rings is 3. The zero-order chi connectivity index (χ0) is 28.3. The minimum Gasteiger partial charge on any atom is -0.494 e. The molecule has 0 radical (unpaired) electrons. The zero-order valence-corrected chi connectivity index (χ0v) is 23.4. The Hall–Kier alpha value is -3.75. The maximum atomic E-state index is 13.6. The molecule has 1 aliphatic rings. The lowest BCUT2D eigenvalue weighted by Crippen LogP contribution is -2.41. The van der Waals surface area contributed by atoms with Gasteiger partial charge in [0.15, 0.2) is 0 Å². The van der Waals surface area contributed by atoms with Crippen LogP contribution >= 0.6 is 0 Å². The molecule has 2 amide bonds. The van der Waals surface area contributed by atoms with Crippen LogP contribution in [0.2, 0.25) is 0 Å². The highest BCUT2D eigenvalue weighted by molar-refractivity contribution is 5.92. The van der Waals surface area contributed by atoms with Gasteiger partial charge in [-0.2, -0.15) is 0 Å². The van der Waals surface area contributed by atoms with Crippen LogP contribution in [0, 0.1) is 5.82 Å². The van der Waals surface area contributed by atoms with E-state index in [2.05, 4.69) is 21.2 Å². The molecule has 1 aliphatic heterocycles. The molecule has 0 unspecified atom stereocenters. The van der Waals surface area contributed by atoms with Gasteiger partial charge in [0, 0.05) is 64.0 Å². The summed E-state index contributed by atoms with van der Waals surface area (Å²) >= 11 is 0. The summed E-state index contributed by atoms with van der Waals surface area (Å²) in [5, 5.41) is 2.93. The fraction of sp³-hybridized carbons (Fsp3) is 0.375. The van der Waals surface area contributed by atoms with Gasteiger partial charge in [0.1, 0.15) is 11.6 Å². The molecule has 0 atom stereocenters. The number of ether oxygens (including phenoxy) is 1. The Morgan fingerprint density at radius 1 is 0.925 bits per heavy atom. The molecule has 40 heavy (non-hydrogen) atoms. The number of hydrogen-bond acceptors (Lipinski definition) is 5. The number of nitrogens with zero attached hydrogens (tertiary/aromatic N) is 3. The molecule has 0 spiro atoms. The number of nitrogens with one attached hydrogen (secondary N) is 1. The minimum absolute atomic E-state index is 0.000625. The van der Waals surface area contributed by atoms with Crippen LogP contribution in [0.25, 0.3) is 0 Å². The lowest BCUT2D eigenvalue weighted by atomic mass is 10.1. The van der Waals surface area contributed by atoms with E-state index in [1.165, 1.54) is 12.1 Å². The van der Waals surface area contributed by atoms with Crippen molar-refractivity contribution in [2.45, 2.75) is 39.9 Å². The summed E-state index contributed by atoms with van der Waals surface area (Å²) in [4.78, 5) is 32.0. The van der Waals surface area contributed by atoms with Gasteiger partial charge >= 0.3 is 0 Å². The minimum atomic E-state index is -0.323. The highest BCUT2D eigenvalue weighted by Crippen LogP contribution is 2.25. The van der Waals surface area contributed by atoms with E-state index in [0.29, 0.717) is 38.3 Å². The standard InChI is InChI=1S/C32H39FN4O3/c1-3-40-31-15-7-5-12-28(31)23-35-16-9-17-37(25(2)38)30-14-6-4-11-27(30)22-36(19-18-35)24-32(39)34-21-26-10-8-13-29(33)20-26/h4-8,10-15,20H,3,9,16-19,21-24H2,1-2H3,(H,34,39). The summed E-state index contributed by atoms with van der Waals surface area (Å²) in [6.45, 7) is 8.70. The molecule has 8 heteroatoms. The Balaban J connectivity index is 1.53. The normalized spacial score (nSPS) is 15.1. The average Bonchev–Trinajstić information content (AvgIpc) is 2.97. The third-order valence-corrected chi connectivity index (χ3v) is 7.06. The van der Waals surface area contributed by atoms with E-state index in [9.17, 15) is 14.0 Å². The largest absolute Gasteiger partial charge is 0.494 e. The van der Waals surface area contributed by atoms with E-state index < -0.39 is 0 Å². The van der Waals surface area contributed by atoms with E-state index in [1.54, 1.807) is 19.1 Å². The lowest BCUT2D eigenvalue weighted by Gasteiger charge is -2.28. The first-order valence-electron chi connectivity index (χ1n) is 14.0. The molecule has 0 bridgehead atoms. The Morgan fingerprint density at radius 3 is 2.50 bits per heavy atom. The van der Waals surface area contributed by atoms with Crippen molar-refractivity contribution < 1.29 is 18.7 Å². The molecule has 1 heterocycles. The van der Waals surface area contributed by atoms with Crippen LogP contribution in [0.15, 0.2) is 72.8 Å². The van der Waals surface area contributed by atoms with Gasteiger partial charge < -0.3 is 15.0 Å². The van der Waals surface area contributed by atoms with Crippen molar-refractivity contribution in [2.75, 3.05) is 44.2 Å². The maximum Gasteiger partial charge on any atom is 0.234 e. The first-order valence-corrected chi connectivity index (χ1v) is 14.0. The number of hydrogen-bond donors (Lipinski definition) is 1. The Bertz CT molecular complexity index is 1280. The first-order chi connectivity index (χ1) is 19.4. The molecular formula is C32H39FN4O3. The smallest absolute Gasteiger partial charge is 0.234 e. The van der Waals surface area contributed by atoms with Gasteiger partial charge in [-0.3, -0.25) is 19.4 Å². The van der Waals surface area contributed by atoms with Crippen molar-refractivity contribution in [2.24, 2.45) is 0 Å². The molecule has 0 aliphatic carbocycles. The third-order valence-electron chi connectivity index (χ3n) is 7.06. The van der Waals surface area contributed by atoms with Crippen LogP contribution < -0.4 is 15.0 Å². The van der Waals surface area contributed by atoms with E-state index >= 15 is 0 Å². The number of halogens is 1. The summed E-state index contributed by atoms with van der Waals surface area (Å²) in [6.07, 6.45) is 0.818. The highest BCUT2D eigenvalue weighted by atomic mass is 19.1. The predicted molar refractivity (Wildman–Crippen MR) is 155 cm³/mol. The molecular weight excluding hydrogens is 507 g/mol. The summed E-state index contributed by atoms with van der Waals surface area (Å²) < 4.78 is 19.4. The molecule has 4 rings (SSSR count). The Kier molecular flexibility index (Phi) is 10.7. The van der Waals surface area contributed by atoms with Crippen molar-refractivity contribution in [1.82, 2.24) is 15.1 Å². The van der Waals surface area contributed by atoms with Crippen LogP contribution in [-0.4, -0.2) is 60.9 Å². The van der Waals surface area contributed by atoms with E-state index in [4.69, 9.17) is 4.74 Å². The molecule has 7 nitrogen and oxygen atoms in total. The van der Waals surface area contributed by atoms with Crippen LogP contribution in [0.3, 0.4) is 0 Å². The van der Waals surface area contributed by atoms with Gasteiger partial charge in [-0.15, -0.1) is 0 Å². The monoisotopic (exact) mass is 546 g/mol. The third kappa shape index (κ3) is 8.37. The number of carbonyl (C=O) groups is 2. The van der Waals surface area contributed by atoms with Crippen molar-refractivity contribution in [1.29, 1.82) is 0 Å². The number of anilines is 1. The second kappa shape index (κ2) is 14.6. The van der Waals surface area contributed by atoms with Gasteiger partial charge in [-0.1, -0.05) is 48.5 Å². The van der Waals surface area contributed by atoms with Crippen LogP contribution in [0.1, 0.15) is 37.0 Å². The van der Waals surface area contributed by atoms with E-state index in [0.717, 1.165) is 42.1 Å². The lowest BCUT2D eigenvalue weighted by molar-refractivity contribution is -0.122. The van der Waals surface area contributed by atoms with Gasteiger partial charge in [-0.25, -0.2) is 4.39 Å². The van der Waals surface area contributed by atoms with Gasteiger partial charge in [-0.05, 0) is 48.7 Å². The average molecular weight is 547 g/mol. The molecule has 212 valence electrons. The van der Waals surface area contributed by atoms with Crippen molar-refractivity contribution in [3.63, 3.8) is 0 Å². The topological polar surface area (TPSA) is 65.1 Å². The SMILES string of the molecule is CCOc1ccccc1CN1CCCN(C(C)=O)c2ccccc2CN(CC(=O)NCc2cccc(F)c2)CC1. The Morgan fingerprint density at radius 2 is 1.70 bits per heavy atom. The summed E-state index contributed by atoms with van der Waals surface area (Å²) in [5.41, 5.74) is 3.72. The van der Waals surface area contributed by atoms with Gasteiger partial charge in [0.2, 0.25) is 11.8 Å². The summed E-state index contributed by atoms with van der Waals surface area (Å²) in [7, 11) is 0. The quantitative estimate of drug-likeness (QED) is 0.448. The number of fused-ring (bicyclic) bond motifs is 1. The molecule has 3 aromatic rings. The zero-order valence-electron chi connectivity index (χ0n) is 23.4. The van der Waals surface area contributed by atoms with Crippen LogP contribution in [0.4, 0.5) is 10.1 Å². The van der Waals surface area contributed by atoms with E-state index in [-0.39, 0.29) is 30.7 Å². The summed E-state index contributed by atoms with van der Waals surface area (Å²) in [5.74, 6) is 0.426. The van der Waals surface area contributed by atoms with Crippen molar-refractivity contribution >= 4 is 17.5 Å². The summed E-state index contributed by atoms with van der Waals surface area (Å²) in [6, 6.07) is 22.3. The fourth-order valence-corrected chi connectivity index (χ4v) is 5.09. The number of carbonyl (C=O) groups excluding carboxylic acids is 2. The first kappa shape index (κ1) is 29.2. The van der Waals surface area contributed by atoms with Crippen LogP contribution in [-0.2, 0) is 29.2 Å². The Labute approximate surface area is 236 Å². The van der Waals surface area contributed by atoms with Crippen molar-refractivity contribution in [3.8, 4) is 5.75 Å². The van der Waals surface area contributed by atoms with Gasteiger partial charge in [0.05, 0.1) is 13.2 Å². The molecule has 0 saturated carbocycles. The molecule has 0 aromatic heterocycles. The number of para-hydroxylation sites is 2. The second-order valence-corrected chi connectivity index (χ2v) is 10.1. The molecule has 3 aromatic carbocycles. The highest BCUT2D eigenvalue weighted by Gasteiger charge is 2.21. The number of amides is 2. The molecule has 0 fully saturated rings.